The van der Waals surface area contributed by atoms with E-state index in [4.69, 9.17) is 4.74 Å². The molecule has 0 aliphatic rings. The quantitative estimate of drug-likeness (QED) is 0.887. The number of hydrogen-bond donors (Lipinski definition) is 1. The van der Waals surface area contributed by atoms with E-state index >= 15 is 0 Å². The van der Waals surface area contributed by atoms with Gasteiger partial charge in [-0.2, -0.15) is 0 Å². The molecule has 0 atom stereocenters. The summed E-state index contributed by atoms with van der Waals surface area (Å²) in [7, 11) is 1.88. The molecule has 1 heterocycles. The van der Waals surface area contributed by atoms with E-state index in [0.717, 1.165) is 28.7 Å². The van der Waals surface area contributed by atoms with E-state index in [-0.39, 0.29) is 0 Å². The van der Waals surface area contributed by atoms with Crippen molar-refractivity contribution >= 4 is 16.5 Å². The Morgan fingerprint density at radius 3 is 2.56 bits per heavy atom. The normalized spacial score (nSPS) is 10.7. The van der Waals surface area contributed by atoms with Gasteiger partial charge in [-0.3, -0.25) is 0 Å². The molecule has 0 spiro atoms. The van der Waals surface area contributed by atoms with Gasteiger partial charge in [0.25, 0.3) is 0 Å². The molecule has 1 aromatic heterocycles. The second kappa shape index (κ2) is 5.87. The number of nitrogens with zero attached hydrogens (tertiary/aromatic N) is 1. The van der Waals surface area contributed by atoms with E-state index in [1.807, 2.05) is 31.3 Å². The predicted molar refractivity (Wildman–Crippen MR) is 77.4 cm³/mol. The van der Waals surface area contributed by atoms with Gasteiger partial charge in [0.2, 0.25) is 0 Å². The number of nitrogens with one attached hydrogen (secondary N) is 1. The summed E-state index contributed by atoms with van der Waals surface area (Å²) in [6, 6.07) is 8.08. The predicted octanol–water partition coefficient (Wildman–Crippen LogP) is 3.89. The first-order chi connectivity index (χ1) is 8.69. The van der Waals surface area contributed by atoms with Crippen LogP contribution in [0.5, 0.6) is 5.75 Å². The van der Waals surface area contributed by atoms with Crippen LogP contribution in [0.3, 0.4) is 0 Å². The standard InChI is InChI=1S/C14H18N2OS/c1-10(2)8-17-12-6-4-11(5-7-12)13-9-18-14(15-3)16-13/h4-7,9-10H,8H2,1-3H3,(H,15,16). The summed E-state index contributed by atoms with van der Waals surface area (Å²) in [6.07, 6.45) is 0. The lowest BCUT2D eigenvalue weighted by Crippen LogP contribution is -2.04. The number of aromatic nitrogens is 1. The average Bonchev–Trinajstić information content (AvgIpc) is 2.85. The summed E-state index contributed by atoms with van der Waals surface area (Å²) >= 11 is 1.61. The molecule has 1 aromatic carbocycles. The second-order valence-corrected chi connectivity index (χ2v) is 5.38. The van der Waals surface area contributed by atoms with Crippen molar-refractivity contribution in [2.24, 2.45) is 5.92 Å². The van der Waals surface area contributed by atoms with Crippen molar-refractivity contribution in [3.05, 3.63) is 29.6 Å². The maximum atomic E-state index is 5.65. The maximum absolute atomic E-state index is 5.65. The highest BCUT2D eigenvalue weighted by Gasteiger charge is 2.04. The van der Waals surface area contributed by atoms with Crippen LogP contribution in [0.15, 0.2) is 29.6 Å². The van der Waals surface area contributed by atoms with Gasteiger partial charge in [0, 0.05) is 18.0 Å². The van der Waals surface area contributed by atoms with Crippen LogP contribution in [0.1, 0.15) is 13.8 Å². The molecule has 18 heavy (non-hydrogen) atoms. The van der Waals surface area contributed by atoms with Gasteiger partial charge in [0.05, 0.1) is 12.3 Å². The van der Waals surface area contributed by atoms with Gasteiger partial charge in [-0.05, 0) is 30.2 Å². The topological polar surface area (TPSA) is 34.2 Å². The molecule has 4 heteroatoms. The van der Waals surface area contributed by atoms with Crippen LogP contribution in [0, 0.1) is 5.92 Å². The minimum Gasteiger partial charge on any atom is -0.493 e. The van der Waals surface area contributed by atoms with Gasteiger partial charge in [0.1, 0.15) is 5.75 Å². The molecule has 0 aliphatic carbocycles. The molecule has 2 rings (SSSR count). The van der Waals surface area contributed by atoms with E-state index < -0.39 is 0 Å². The number of hydrogen-bond acceptors (Lipinski definition) is 4. The molecule has 0 bridgehead atoms. The van der Waals surface area contributed by atoms with Crippen molar-refractivity contribution < 1.29 is 4.74 Å². The first-order valence-corrected chi connectivity index (χ1v) is 6.93. The van der Waals surface area contributed by atoms with E-state index in [1.54, 1.807) is 11.3 Å². The van der Waals surface area contributed by atoms with Crippen LogP contribution in [-0.2, 0) is 0 Å². The molecular formula is C14H18N2OS. The van der Waals surface area contributed by atoms with Crippen LogP contribution >= 0.6 is 11.3 Å². The van der Waals surface area contributed by atoms with Crippen molar-refractivity contribution in [2.45, 2.75) is 13.8 Å². The zero-order chi connectivity index (χ0) is 13.0. The molecule has 0 unspecified atom stereocenters. The third-order valence-electron chi connectivity index (χ3n) is 2.45. The van der Waals surface area contributed by atoms with E-state index in [9.17, 15) is 0 Å². The van der Waals surface area contributed by atoms with Crippen LogP contribution in [0.25, 0.3) is 11.3 Å². The third kappa shape index (κ3) is 3.23. The SMILES string of the molecule is CNc1nc(-c2ccc(OCC(C)C)cc2)cs1. The first kappa shape index (κ1) is 12.9. The molecule has 1 N–H and O–H groups in total. The smallest absolute Gasteiger partial charge is 0.182 e. The van der Waals surface area contributed by atoms with Gasteiger partial charge in [-0.25, -0.2) is 4.98 Å². The molecule has 2 aromatic rings. The van der Waals surface area contributed by atoms with E-state index in [2.05, 4.69) is 29.5 Å². The van der Waals surface area contributed by atoms with Crippen molar-refractivity contribution in [3.8, 4) is 17.0 Å². The summed E-state index contributed by atoms with van der Waals surface area (Å²) in [4.78, 5) is 4.47. The molecule has 0 saturated heterocycles. The summed E-state index contributed by atoms with van der Waals surface area (Å²) in [6.45, 7) is 5.03. The van der Waals surface area contributed by atoms with Crippen molar-refractivity contribution in [1.29, 1.82) is 0 Å². The van der Waals surface area contributed by atoms with Gasteiger partial charge in [-0.1, -0.05) is 13.8 Å². The Morgan fingerprint density at radius 2 is 2.00 bits per heavy atom. The Labute approximate surface area is 112 Å². The number of ether oxygens (including phenoxy) is 1. The Morgan fingerprint density at radius 1 is 1.28 bits per heavy atom. The number of benzene rings is 1. The molecule has 0 fully saturated rings. The molecule has 0 aliphatic heterocycles. The second-order valence-electron chi connectivity index (χ2n) is 4.52. The molecule has 0 radical (unpaired) electrons. The highest BCUT2D eigenvalue weighted by Crippen LogP contribution is 2.26. The van der Waals surface area contributed by atoms with Gasteiger partial charge >= 0.3 is 0 Å². The molecule has 96 valence electrons. The van der Waals surface area contributed by atoms with Crippen LogP contribution in [0.2, 0.25) is 0 Å². The summed E-state index contributed by atoms with van der Waals surface area (Å²) < 4.78 is 5.65. The lowest BCUT2D eigenvalue weighted by Gasteiger charge is -2.08. The lowest BCUT2D eigenvalue weighted by atomic mass is 10.2. The minimum absolute atomic E-state index is 0.543. The molecule has 0 amide bonds. The zero-order valence-corrected chi connectivity index (χ0v) is 11.8. The van der Waals surface area contributed by atoms with Crippen LogP contribution in [0.4, 0.5) is 5.13 Å². The number of thiazole rings is 1. The van der Waals surface area contributed by atoms with Crippen molar-refractivity contribution in [1.82, 2.24) is 4.98 Å². The maximum Gasteiger partial charge on any atom is 0.182 e. The van der Waals surface area contributed by atoms with Crippen molar-refractivity contribution in [2.75, 3.05) is 19.0 Å². The van der Waals surface area contributed by atoms with Gasteiger partial charge in [0.15, 0.2) is 5.13 Å². The summed E-state index contributed by atoms with van der Waals surface area (Å²) in [5.41, 5.74) is 2.12. The highest BCUT2D eigenvalue weighted by molar-refractivity contribution is 7.14. The first-order valence-electron chi connectivity index (χ1n) is 6.05. The Kier molecular flexibility index (Phi) is 4.20. The van der Waals surface area contributed by atoms with Crippen LogP contribution < -0.4 is 10.1 Å². The molecular weight excluding hydrogens is 244 g/mol. The summed E-state index contributed by atoms with van der Waals surface area (Å²) in [5.74, 6) is 1.46. The Balaban J connectivity index is 2.07. The number of rotatable bonds is 5. The fraction of sp³-hybridized carbons (Fsp3) is 0.357. The summed E-state index contributed by atoms with van der Waals surface area (Å²) in [5, 5.41) is 6.03. The highest BCUT2D eigenvalue weighted by atomic mass is 32.1. The largest absolute Gasteiger partial charge is 0.493 e. The van der Waals surface area contributed by atoms with Gasteiger partial charge < -0.3 is 10.1 Å². The fourth-order valence-electron chi connectivity index (χ4n) is 1.51. The van der Waals surface area contributed by atoms with Crippen molar-refractivity contribution in [3.63, 3.8) is 0 Å². The lowest BCUT2D eigenvalue weighted by molar-refractivity contribution is 0.271. The van der Waals surface area contributed by atoms with Crippen LogP contribution in [-0.4, -0.2) is 18.6 Å². The minimum atomic E-state index is 0.543. The molecule has 3 nitrogen and oxygen atoms in total. The average molecular weight is 262 g/mol. The Hall–Kier alpha value is -1.55. The molecule has 0 saturated carbocycles. The van der Waals surface area contributed by atoms with E-state index in [0.29, 0.717) is 5.92 Å². The van der Waals surface area contributed by atoms with E-state index in [1.165, 1.54) is 0 Å². The fourth-order valence-corrected chi connectivity index (χ4v) is 2.19. The van der Waals surface area contributed by atoms with Gasteiger partial charge in [-0.15, -0.1) is 11.3 Å². The monoisotopic (exact) mass is 262 g/mol. The Bertz CT molecular complexity index is 491. The zero-order valence-electron chi connectivity index (χ0n) is 10.9. The number of anilines is 1. The third-order valence-corrected chi connectivity index (χ3v) is 3.31.